The highest BCUT2D eigenvalue weighted by Gasteiger charge is 2.20. The topological polar surface area (TPSA) is 3.24 Å². The predicted molar refractivity (Wildman–Crippen MR) is 95.2 cm³/mol. The fourth-order valence-electron chi connectivity index (χ4n) is 3.09. The van der Waals surface area contributed by atoms with Crippen LogP contribution >= 0.6 is 22.7 Å². The van der Waals surface area contributed by atoms with Crippen LogP contribution in [-0.2, 0) is 0 Å². The fraction of sp³-hybridized carbons (Fsp3) is 0.444. The predicted octanol–water partition coefficient (Wildman–Crippen LogP) is 5.36. The van der Waals surface area contributed by atoms with Crippen LogP contribution in [0, 0.1) is 5.92 Å². The third kappa shape index (κ3) is 3.65. The van der Waals surface area contributed by atoms with Gasteiger partial charge in [0.25, 0.3) is 0 Å². The maximum atomic E-state index is 2.63. The van der Waals surface area contributed by atoms with Gasteiger partial charge in [0.2, 0.25) is 0 Å². The second-order valence-corrected chi connectivity index (χ2v) is 7.91. The molecular formula is C18H23NS2. The van der Waals surface area contributed by atoms with Crippen LogP contribution in [0.4, 0.5) is 0 Å². The minimum atomic E-state index is 0.506. The van der Waals surface area contributed by atoms with Crippen LogP contribution in [0.1, 0.15) is 36.4 Å². The molecule has 0 saturated carbocycles. The van der Waals surface area contributed by atoms with Gasteiger partial charge in [0.05, 0.1) is 0 Å². The largest absolute Gasteiger partial charge is 0.297 e. The first kappa shape index (κ1) is 15.0. The van der Waals surface area contributed by atoms with E-state index in [1.807, 2.05) is 22.7 Å². The van der Waals surface area contributed by atoms with E-state index >= 15 is 0 Å². The summed E-state index contributed by atoms with van der Waals surface area (Å²) in [7, 11) is 0. The molecule has 1 fully saturated rings. The van der Waals surface area contributed by atoms with Crippen LogP contribution in [-0.4, -0.2) is 24.0 Å². The summed E-state index contributed by atoms with van der Waals surface area (Å²) in [4.78, 5) is 5.40. The van der Waals surface area contributed by atoms with E-state index in [2.05, 4.69) is 59.8 Å². The van der Waals surface area contributed by atoms with Gasteiger partial charge in [0, 0.05) is 27.9 Å². The first-order valence-electron chi connectivity index (χ1n) is 7.77. The molecule has 1 saturated heterocycles. The number of hydrogen-bond acceptors (Lipinski definition) is 3. The molecule has 1 nitrogen and oxygen atoms in total. The molecule has 2 aromatic rings. The average Bonchev–Trinajstić information content (AvgIpc) is 3.18. The van der Waals surface area contributed by atoms with E-state index in [0.29, 0.717) is 6.04 Å². The van der Waals surface area contributed by atoms with E-state index in [1.54, 1.807) is 0 Å². The van der Waals surface area contributed by atoms with Crippen molar-refractivity contribution >= 4 is 28.2 Å². The van der Waals surface area contributed by atoms with Crippen LogP contribution in [0.2, 0.25) is 0 Å². The summed E-state index contributed by atoms with van der Waals surface area (Å²) in [6.45, 7) is 7.20. The molecule has 0 aliphatic carbocycles. The summed E-state index contributed by atoms with van der Waals surface area (Å²) in [5.74, 6) is 0.835. The zero-order valence-corrected chi connectivity index (χ0v) is 14.4. The highest BCUT2D eigenvalue weighted by molar-refractivity contribution is 7.13. The normalized spacial score (nSPS) is 21.1. The van der Waals surface area contributed by atoms with E-state index < -0.39 is 0 Å². The average molecular weight is 318 g/mol. The third-order valence-corrected chi connectivity index (χ3v) is 6.05. The minimum absolute atomic E-state index is 0.506. The molecule has 0 radical (unpaired) electrons. The molecule has 21 heavy (non-hydrogen) atoms. The van der Waals surface area contributed by atoms with Crippen LogP contribution in [0.5, 0.6) is 0 Å². The monoisotopic (exact) mass is 317 g/mol. The zero-order valence-electron chi connectivity index (χ0n) is 12.8. The number of hydrogen-bond donors (Lipinski definition) is 0. The van der Waals surface area contributed by atoms with E-state index in [0.717, 1.165) is 5.92 Å². The van der Waals surface area contributed by atoms with Gasteiger partial charge < -0.3 is 0 Å². The van der Waals surface area contributed by atoms with Gasteiger partial charge in [-0.3, -0.25) is 4.90 Å². The Morgan fingerprint density at radius 2 is 1.90 bits per heavy atom. The van der Waals surface area contributed by atoms with Gasteiger partial charge in [-0.15, -0.1) is 22.7 Å². The summed E-state index contributed by atoms with van der Waals surface area (Å²) >= 11 is 3.68. The summed E-state index contributed by atoms with van der Waals surface area (Å²) in [6.07, 6.45) is 5.19. The van der Waals surface area contributed by atoms with Crippen molar-refractivity contribution in [3.05, 3.63) is 50.9 Å². The summed E-state index contributed by atoms with van der Waals surface area (Å²) in [5.41, 5.74) is 1.41. The second-order valence-electron chi connectivity index (χ2n) is 6.02. The highest BCUT2D eigenvalue weighted by Crippen LogP contribution is 2.31. The number of piperidine rings is 1. The maximum absolute atomic E-state index is 2.63. The quantitative estimate of drug-likeness (QED) is 0.733. The molecule has 2 unspecified atom stereocenters. The first-order chi connectivity index (χ1) is 10.2. The van der Waals surface area contributed by atoms with Gasteiger partial charge in [-0.2, -0.15) is 0 Å². The number of likely N-dealkylation sites (tertiary alicyclic amines) is 1. The molecule has 1 aliphatic rings. The van der Waals surface area contributed by atoms with Crippen molar-refractivity contribution in [2.75, 3.05) is 13.1 Å². The Morgan fingerprint density at radius 1 is 1.24 bits per heavy atom. The lowest BCUT2D eigenvalue weighted by molar-refractivity contribution is 0.161. The van der Waals surface area contributed by atoms with Crippen molar-refractivity contribution in [2.45, 2.75) is 32.7 Å². The highest BCUT2D eigenvalue weighted by atomic mass is 32.1. The molecule has 3 heteroatoms. The Hall–Kier alpha value is -0.900. The van der Waals surface area contributed by atoms with Crippen molar-refractivity contribution in [1.82, 2.24) is 4.90 Å². The number of nitrogens with zero attached hydrogens (tertiary/aromatic N) is 1. The Balaban J connectivity index is 1.85. The van der Waals surface area contributed by atoms with Crippen molar-refractivity contribution < 1.29 is 0 Å². The van der Waals surface area contributed by atoms with Crippen LogP contribution in [0.3, 0.4) is 0 Å². The van der Waals surface area contributed by atoms with E-state index in [1.165, 1.54) is 41.3 Å². The lowest BCUT2D eigenvalue weighted by atomic mass is 9.98. The standard InChI is InChI=1S/C18H23NS2/c1-14-6-3-9-19(13-14)15(2)12-16(17-7-4-10-20-17)18-8-5-11-21-18/h4-5,7-8,10-12,14-15H,3,6,9,13H2,1-2H3. The molecule has 3 heterocycles. The summed E-state index contributed by atoms with van der Waals surface area (Å²) in [5, 5.41) is 4.34. The number of rotatable bonds is 4. The maximum Gasteiger partial charge on any atom is 0.0354 e. The third-order valence-electron chi connectivity index (χ3n) is 4.25. The van der Waals surface area contributed by atoms with Crippen molar-refractivity contribution in [2.24, 2.45) is 5.92 Å². The molecular weight excluding hydrogens is 294 g/mol. The minimum Gasteiger partial charge on any atom is -0.297 e. The Labute approximate surface area is 135 Å². The van der Waals surface area contributed by atoms with E-state index in [4.69, 9.17) is 0 Å². The Morgan fingerprint density at radius 3 is 2.43 bits per heavy atom. The lowest BCUT2D eigenvalue weighted by Crippen LogP contribution is -2.39. The Kier molecular flexibility index (Phi) is 4.94. The summed E-state index contributed by atoms with van der Waals surface area (Å²) < 4.78 is 0. The van der Waals surface area contributed by atoms with Crippen molar-refractivity contribution in [3.8, 4) is 0 Å². The first-order valence-corrected chi connectivity index (χ1v) is 9.53. The van der Waals surface area contributed by atoms with Crippen LogP contribution < -0.4 is 0 Å². The number of thiophene rings is 2. The van der Waals surface area contributed by atoms with Gasteiger partial charge in [-0.05, 0) is 55.1 Å². The van der Waals surface area contributed by atoms with Gasteiger partial charge in [-0.25, -0.2) is 0 Å². The molecule has 2 aromatic heterocycles. The molecule has 0 spiro atoms. The van der Waals surface area contributed by atoms with Crippen LogP contribution in [0.15, 0.2) is 41.1 Å². The van der Waals surface area contributed by atoms with Gasteiger partial charge in [0.1, 0.15) is 0 Å². The van der Waals surface area contributed by atoms with E-state index in [9.17, 15) is 0 Å². The fourth-order valence-corrected chi connectivity index (χ4v) is 4.69. The van der Waals surface area contributed by atoms with Crippen molar-refractivity contribution in [1.29, 1.82) is 0 Å². The lowest BCUT2D eigenvalue weighted by Gasteiger charge is -2.34. The SMILES string of the molecule is CC1CCCN(C(C)C=C(c2cccs2)c2cccs2)C1. The smallest absolute Gasteiger partial charge is 0.0354 e. The van der Waals surface area contributed by atoms with E-state index in [-0.39, 0.29) is 0 Å². The summed E-state index contributed by atoms with van der Waals surface area (Å²) in [6, 6.07) is 9.28. The van der Waals surface area contributed by atoms with Gasteiger partial charge in [-0.1, -0.05) is 25.1 Å². The molecule has 0 aromatic carbocycles. The van der Waals surface area contributed by atoms with Crippen molar-refractivity contribution in [3.63, 3.8) is 0 Å². The molecule has 0 amide bonds. The van der Waals surface area contributed by atoms with Gasteiger partial charge >= 0.3 is 0 Å². The molecule has 2 atom stereocenters. The van der Waals surface area contributed by atoms with Crippen LogP contribution in [0.25, 0.3) is 5.57 Å². The zero-order chi connectivity index (χ0) is 14.7. The molecule has 0 bridgehead atoms. The Bertz CT molecular complexity index is 532. The molecule has 1 aliphatic heterocycles. The molecule has 112 valence electrons. The molecule has 0 N–H and O–H groups in total. The van der Waals surface area contributed by atoms with Gasteiger partial charge in [0.15, 0.2) is 0 Å². The second kappa shape index (κ2) is 6.91. The molecule has 3 rings (SSSR count).